The molecule has 2 aromatic carbocycles. The number of amides is 1. The Kier molecular flexibility index (Phi) is 6.06. The Balaban J connectivity index is 1.66. The van der Waals surface area contributed by atoms with Crippen LogP contribution >= 0.6 is 0 Å². The molecule has 7 heteroatoms. The minimum absolute atomic E-state index is 0.329. The molecule has 3 rings (SSSR count). The van der Waals surface area contributed by atoms with Crippen LogP contribution in [0.3, 0.4) is 0 Å². The summed E-state index contributed by atoms with van der Waals surface area (Å²) < 4.78 is 10.6. The quantitative estimate of drug-likeness (QED) is 0.485. The fourth-order valence-corrected chi connectivity index (χ4v) is 2.57. The normalized spacial score (nSPS) is 11.2. The predicted octanol–water partition coefficient (Wildman–Crippen LogP) is 3.64. The Hall–Kier alpha value is -3.61. The van der Waals surface area contributed by atoms with Gasteiger partial charge in [-0.25, -0.2) is 5.43 Å². The monoisotopic (exact) mass is 378 g/mol. The average molecular weight is 378 g/mol. The molecule has 0 saturated carbocycles. The first kappa shape index (κ1) is 19.2. The van der Waals surface area contributed by atoms with Crippen LogP contribution in [-0.4, -0.2) is 35.5 Å². The molecule has 1 amide bonds. The Morgan fingerprint density at radius 1 is 1.11 bits per heavy atom. The van der Waals surface area contributed by atoms with Gasteiger partial charge in [-0.2, -0.15) is 10.2 Å². The molecule has 1 aromatic heterocycles. The molecule has 0 bridgehead atoms. The summed E-state index contributed by atoms with van der Waals surface area (Å²) in [5.74, 6) is 1.19. The molecule has 0 radical (unpaired) electrons. The zero-order valence-electron chi connectivity index (χ0n) is 16.0. The standard InChI is InChI=1S/C21H22N4O3/c1-4-28-18-11-7-16(8-12-18)19-13-20(24-23-19)21(26)25-22-14(2)15-5-9-17(27-3)10-6-15/h5-13H,4H2,1-3H3,(H,23,24)(H,25,26). The van der Waals surface area contributed by atoms with Crippen LogP contribution in [0.5, 0.6) is 11.5 Å². The number of aromatic amines is 1. The number of methoxy groups -OCH3 is 1. The van der Waals surface area contributed by atoms with E-state index in [1.165, 1.54) is 0 Å². The van der Waals surface area contributed by atoms with Gasteiger partial charge in [0.1, 0.15) is 17.2 Å². The van der Waals surface area contributed by atoms with Gasteiger partial charge in [0.05, 0.1) is 25.1 Å². The molecular formula is C21H22N4O3. The number of H-pyrrole nitrogens is 1. The molecular weight excluding hydrogens is 356 g/mol. The topological polar surface area (TPSA) is 88.6 Å². The maximum atomic E-state index is 12.3. The van der Waals surface area contributed by atoms with Crippen LogP contribution in [0.25, 0.3) is 11.3 Å². The van der Waals surface area contributed by atoms with Gasteiger partial charge in [0.2, 0.25) is 0 Å². The second-order valence-electron chi connectivity index (χ2n) is 5.99. The highest BCUT2D eigenvalue weighted by molar-refractivity contribution is 6.00. The molecule has 2 N–H and O–H groups in total. The van der Waals surface area contributed by atoms with Crippen LogP contribution in [0.15, 0.2) is 59.7 Å². The number of carbonyl (C=O) groups is 1. The predicted molar refractivity (Wildman–Crippen MR) is 108 cm³/mol. The van der Waals surface area contributed by atoms with E-state index < -0.39 is 0 Å². The van der Waals surface area contributed by atoms with Crippen LogP contribution in [-0.2, 0) is 0 Å². The second kappa shape index (κ2) is 8.85. The molecule has 0 spiro atoms. The van der Waals surface area contributed by atoms with Crippen LogP contribution in [0.2, 0.25) is 0 Å². The van der Waals surface area contributed by atoms with Crippen molar-refractivity contribution < 1.29 is 14.3 Å². The number of hydrogen-bond acceptors (Lipinski definition) is 5. The van der Waals surface area contributed by atoms with Gasteiger partial charge in [0, 0.05) is 5.56 Å². The van der Waals surface area contributed by atoms with Crippen molar-refractivity contribution in [1.29, 1.82) is 0 Å². The minimum Gasteiger partial charge on any atom is -0.497 e. The highest BCUT2D eigenvalue weighted by atomic mass is 16.5. The lowest BCUT2D eigenvalue weighted by atomic mass is 10.1. The van der Waals surface area contributed by atoms with Gasteiger partial charge < -0.3 is 9.47 Å². The molecule has 0 fully saturated rings. The van der Waals surface area contributed by atoms with E-state index in [1.54, 1.807) is 13.2 Å². The van der Waals surface area contributed by atoms with Gasteiger partial charge >= 0.3 is 0 Å². The van der Waals surface area contributed by atoms with Crippen LogP contribution < -0.4 is 14.9 Å². The lowest BCUT2D eigenvalue weighted by Gasteiger charge is -2.03. The molecule has 7 nitrogen and oxygen atoms in total. The molecule has 3 aromatic rings. The summed E-state index contributed by atoms with van der Waals surface area (Å²) in [6, 6.07) is 16.7. The Morgan fingerprint density at radius 2 is 1.79 bits per heavy atom. The first-order valence-electron chi connectivity index (χ1n) is 8.88. The van der Waals surface area contributed by atoms with Crippen molar-refractivity contribution in [2.75, 3.05) is 13.7 Å². The summed E-state index contributed by atoms with van der Waals surface area (Å²) >= 11 is 0. The van der Waals surface area contributed by atoms with E-state index in [2.05, 4.69) is 20.7 Å². The zero-order valence-corrected chi connectivity index (χ0v) is 16.0. The van der Waals surface area contributed by atoms with Gasteiger partial charge in [-0.05, 0) is 74.0 Å². The largest absolute Gasteiger partial charge is 0.497 e. The Bertz CT molecular complexity index is 960. The molecule has 1 heterocycles. The average Bonchev–Trinajstić information content (AvgIpc) is 3.23. The third kappa shape index (κ3) is 4.56. The number of rotatable bonds is 7. The van der Waals surface area contributed by atoms with Crippen molar-refractivity contribution in [3.8, 4) is 22.8 Å². The molecule has 0 aliphatic heterocycles. The molecule has 0 atom stereocenters. The summed E-state index contributed by atoms with van der Waals surface area (Å²) in [5, 5.41) is 11.1. The summed E-state index contributed by atoms with van der Waals surface area (Å²) in [6.45, 7) is 4.37. The van der Waals surface area contributed by atoms with Gasteiger partial charge in [-0.15, -0.1) is 0 Å². The third-order valence-corrected chi connectivity index (χ3v) is 4.12. The van der Waals surface area contributed by atoms with E-state index in [4.69, 9.17) is 9.47 Å². The second-order valence-corrected chi connectivity index (χ2v) is 5.99. The van der Waals surface area contributed by atoms with E-state index in [0.717, 1.165) is 22.6 Å². The van der Waals surface area contributed by atoms with Gasteiger partial charge in [-0.3, -0.25) is 9.89 Å². The van der Waals surface area contributed by atoms with Crippen molar-refractivity contribution in [2.24, 2.45) is 5.10 Å². The van der Waals surface area contributed by atoms with E-state index in [9.17, 15) is 4.79 Å². The van der Waals surface area contributed by atoms with Crippen LogP contribution in [0.4, 0.5) is 0 Å². The van der Waals surface area contributed by atoms with Crippen molar-refractivity contribution in [3.05, 3.63) is 65.9 Å². The summed E-state index contributed by atoms with van der Waals surface area (Å²) in [4.78, 5) is 12.3. The summed E-state index contributed by atoms with van der Waals surface area (Å²) in [7, 11) is 1.61. The van der Waals surface area contributed by atoms with Crippen molar-refractivity contribution in [3.63, 3.8) is 0 Å². The number of hydrazone groups is 1. The van der Waals surface area contributed by atoms with Crippen LogP contribution in [0.1, 0.15) is 29.9 Å². The van der Waals surface area contributed by atoms with Crippen molar-refractivity contribution in [1.82, 2.24) is 15.6 Å². The minimum atomic E-state index is -0.363. The number of carbonyl (C=O) groups excluding carboxylic acids is 1. The number of nitrogens with one attached hydrogen (secondary N) is 2. The highest BCUT2D eigenvalue weighted by Gasteiger charge is 2.11. The molecule has 0 aliphatic carbocycles. The van der Waals surface area contributed by atoms with Crippen molar-refractivity contribution >= 4 is 11.6 Å². The van der Waals surface area contributed by atoms with E-state index in [0.29, 0.717) is 23.7 Å². The van der Waals surface area contributed by atoms with E-state index in [1.807, 2.05) is 62.4 Å². The smallest absolute Gasteiger partial charge is 0.289 e. The van der Waals surface area contributed by atoms with Gasteiger partial charge in [-0.1, -0.05) is 0 Å². The van der Waals surface area contributed by atoms with Crippen LogP contribution in [0, 0.1) is 0 Å². The number of aromatic nitrogens is 2. The Labute approximate surface area is 163 Å². The first-order valence-corrected chi connectivity index (χ1v) is 8.88. The molecule has 28 heavy (non-hydrogen) atoms. The highest BCUT2D eigenvalue weighted by Crippen LogP contribution is 2.21. The lowest BCUT2D eigenvalue weighted by molar-refractivity contribution is 0.0950. The van der Waals surface area contributed by atoms with E-state index >= 15 is 0 Å². The first-order chi connectivity index (χ1) is 13.6. The molecule has 0 saturated heterocycles. The maximum absolute atomic E-state index is 12.3. The lowest BCUT2D eigenvalue weighted by Crippen LogP contribution is -2.19. The Morgan fingerprint density at radius 3 is 2.43 bits per heavy atom. The SMILES string of the molecule is CCOc1ccc(-c2cc(C(=O)NN=C(C)c3ccc(OC)cc3)[nH]n2)cc1. The van der Waals surface area contributed by atoms with Gasteiger partial charge in [0.15, 0.2) is 0 Å². The maximum Gasteiger partial charge on any atom is 0.289 e. The van der Waals surface area contributed by atoms with E-state index in [-0.39, 0.29) is 5.91 Å². The summed E-state index contributed by atoms with van der Waals surface area (Å²) in [5.41, 5.74) is 6.00. The summed E-state index contributed by atoms with van der Waals surface area (Å²) in [6.07, 6.45) is 0. The fourth-order valence-electron chi connectivity index (χ4n) is 2.57. The fraction of sp³-hybridized carbons (Fsp3) is 0.190. The molecule has 144 valence electrons. The number of ether oxygens (including phenoxy) is 2. The molecule has 0 unspecified atom stereocenters. The van der Waals surface area contributed by atoms with Crippen molar-refractivity contribution in [2.45, 2.75) is 13.8 Å². The number of benzene rings is 2. The molecule has 0 aliphatic rings. The number of nitrogens with zero attached hydrogens (tertiary/aromatic N) is 2. The van der Waals surface area contributed by atoms with Gasteiger partial charge in [0.25, 0.3) is 5.91 Å². The number of hydrogen-bond donors (Lipinski definition) is 2. The zero-order chi connectivity index (χ0) is 19.9. The third-order valence-electron chi connectivity index (χ3n) is 4.12.